The lowest BCUT2D eigenvalue weighted by molar-refractivity contribution is -0.132. The summed E-state index contributed by atoms with van der Waals surface area (Å²) in [6, 6.07) is 16.7. The van der Waals surface area contributed by atoms with Crippen LogP contribution in [0.4, 0.5) is 11.4 Å². The first kappa shape index (κ1) is 19.2. The number of nitrogens with one attached hydrogen (secondary N) is 2. The molecule has 2 rings (SSSR count). The van der Waals surface area contributed by atoms with Crippen LogP contribution in [-0.4, -0.2) is 35.7 Å². The fourth-order valence-electron chi connectivity index (χ4n) is 2.51. The number of carbonyl (C=O) groups is 3. The average molecular weight is 353 g/mol. The molecule has 0 spiro atoms. The van der Waals surface area contributed by atoms with Gasteiger partial charge in [0, 0.05) is 31.8 Å². The molecule has 2 aromatic carbocycles. The van der Waals surface area contributed by atoms with E-state index in [0.29, 0.717) is 24.3 Å². The van der Waals surface area contributed by atoms with Gasteiger partial charge in [-0.3, -0.25) is 14.4 Å². The first-order valence-electron chi connectivity index (χ1n) is 8.41. The molecule has 2 aromatic rings. The second-order valence-corrected chi connectivity index (χ2v) is 5.99. The predicted molar refractivity (Wildman–Crippen MR) is 102 cm³/mol. The molecule has 26 heavy (non-hydrogen) atoms. The zero-order valence-corrected chi connectivity index (χ0v) is 15.0. The van der Waals surface area contributed by atoms with Gasteiger partial charge in [-0.05, 0) is 30.2 Å². The van der Waals surface area contributed by atoms with Gasteiger partial charge in [-0.2, -0.15) is 0 Å². The maximum absolute atomic E-state index is 12.3. The highest BCUT2D eigenvalue weighted by Crippen LogP contribution is 2.15. The molecule has 0 radical (unpaired) electrons. The summed E-state index contributed by atoms with van der Waals surface area (Å²) in [6.45, 7) is 3.32. The topological polar surface area (TPSA) is 78.5 Å². The lowest BCUT2D eigenvalue weighted by Crippen LogP contribution is -2.38. The highest BCUT2D eigenvalue weighted by Gasteiger charge is 2.14. The van der Waals surface area contributed by atoms with Crippen LogP contribution in [-0.2, 0) is 20.8 Å². The molecule has 0 atom stereocenters. The molecule has 0 aliphatic heterocycles. The van der Waals surface area contributed by atoms with Crippen LogP contribution in [0.5, 0.6) is 0 Å². The van der Waals surface area contributed by atoms with Crippen molar-refractivity contribution in [1.29, 1.82) is 0 Å². The number of rotatable bonds is 7. The molecule has 0 bridgehead atoms. The molecule has 0 fully saturated rings. The third-order valence-electron chi connectivity index (χ3n) is 3.76. The summed E-state index contributed by atoms with van der Waals surface area (Å²) >= 11 is 0. The van der Waals surface area contributed by atoms with Crippen LogP contribution in [0.3, 0.4) is 0 Å². The molecule has 6 nitrogen and oxygen atoms in total. The van der Waals surface area contributed by atoms with Crippen molar-refractivity contribution in [3.63, 3.8) is 0 Å². The van der Waals surface area contributed by atoms with Crippen molar-refractivity contribution in [2.75, 3.05) is 23.7 Å². The fraction of sp³-hybridized carbons (Fsp3) is 0.250. The van der Waals surface area contributed by atoms with Gasteiger partial charge in [-0.25, -0.2) is 0 Å². The van der Waals surface area contributed by atoms with Crippen LogP contribution in [0.15, 0.2) is 54.6 Å². The maximum Gasteiger partial charge on any atom is 0.243 e. The normalized spacial score (nSPS) is 10.1. The Balaban J connectivity index is 1.93. The lowest BCUT2D eigenvalue weighted by atomic mass is 10.1. The molecule has 0 aromatic heterocycles. The van der Waals surface area contributed by atoms with Crippen molar-refractivity contribution in [2.45, 2.75) is 20.3 Å². The Morgan fingerprint density at radius 2 is 1.54 bits per heavy atom. The van der Waals surface area contributed by atoms with Crippen LogP contribution >= 0.6 is 0 Å². The first-order valence-corrected chi connectivity index (χ1v) is 8.41. The molecule has 136 valence electrons. The third-order valence-corrected chi connectivity index (χ3v) is 3.76. The molecular formula is C20H23N3O3. The van der Waals surface area contributed by atoms with Gasteiger partial charge in [0.1, 0.15) is 0 Å². The van der Waals surface area contributed by atoms with Gasteiger partial charge >= 0.3 is 0 Å². The Morgan fingerprint density at radius 1 is 0.885 bits per heavy atom. The van der Waals surface area contributed by atoms with Crippen molar-refractivity contribution in [3.8, 4) is 0 Å². The Kier molecular flexibility index (Phi) is 6.91. The number of carbonyl (C=O) groups excluding carboxylic acids is 3. The third kappa shape index (κ3) is 6.39. The van der Waals surface area contributed by atoms with Crippen LogP contribution in [0.2, 0.25) is 0 Å². The second kappa shape index (κ2) is 9.36. The van der Waals surface area contributed by atoms with E-state index in [4.69, 9.17) is 0 Å². The molecule has 6 heteroatoms. The Hall–Kier alpha value is -3.15. The minimum atomic E-state index is -0.284. The van der Waals surface area contributed by atoms with E-state index in [1.807, 2.05) is 30.3 Å². The minimum Gasteiger partial charge on any atom is -0.333 e. The zero-order chi connectivity index (χ0) is 18.9. The van der Waals surface area contributed by atoms with Crippen LogP contribution in [0.25, 0.3) is 0 Å². The number of hydrogen-bond donors (Lipinski definition) is 2. The van der Waals surface area contributed by atoms with Crippen molar-refractivity contribution in [3.05, 3.63) is 60.2 Å². The molecule has 0 saturated heterocycles. The van der Waals surface area contributed by atoms with Crippen molar-refractivity contribution in [1.82, 2.24) is 4.90 Å². The summed E-state index contributed by atoms with van der Waals surface area (Å²) in [5.41, 5.74) is 2.28. The monoisotopic (exact) mass is 353 g/mol. The average Bonchev–Trinajstić information content (AvgIpc) is 2.59. The molecule has 3 amide bonds. The van der Waals surface area contributed by atoms with E-state index >= 15 is 0 Å². The second-order valence-electron chi connectivity index (χ2n) is 5.99. The summed E-state index contributed by atoms with van der Waals surface area (Å²) in [6.07, 6.45) is 0.686. The van der Waals surface area contributed by atoms with Gasteiger partial charge in [0.25, 0.3) is 0 Å². The van der Waals surface area contributed by atoms with Crippen molar-refractivity contribution < 1.29 is 14.4 Å². The smallest absolute Gasteiger partial charge is 0.243 e. The van der Waals surface area contributed by atoms with Crippen molar-refractivity contribution in [2.24, 2.45) is 0 Å². The highest BCUT2D eigenvalue weighted by atomic mass is 16.2. The number of anilines is 2. The van der Waals surface area contributed by atoms with E-state index in [1.165, 1.54) is 18.7 Å². The number of benzene rings is 2. The Labute approximate surface area is 153 Å². The molecule has 0 saturated carbocycles. The lowest BCUT2D eigenvalue weighted by Gasteiger charge is -2.20. The first-order chi connectivity index (χ1) is 12.4. The minimum absolute atomic E-state index is 0.0213. The SMILES string of the molecule is CC(=O)Nc1cccc(NC(=O)CN(CCc2ccccc2)C(C)=O)c1. The van der Waals surface area contributed by atoms with Crippen LogP contribution < -0.4 is 10.6 Å². The summed E-state index contributed by atoms with van der Waals surface area (Å²) in [7, 11) is 0. The molecule has 0 unspecified atom stereocenters. The zero-order valence-electron chi connectivity index (χ0n) is 15.0. The maximum atomic E-state index is 12.3. The quantitative estimate of drug-likeness (QED) is 0.803. The van der Waals surface area contributed by atoms with E-state index in [0.717, 1.165) is 5.56 Å². The Morgan fingerprint density at radius 3 is 2.15 bits per heavy atom. The van der Waals surface area contributed by atoms with Crippen molar-refractivity contribution >= 4 is 29.1 Å². The number of nitrogens with zero attached hydrogens (tertiary/aromatic N) is 1. The Bertz CT molecular complexity index is 775. The summed E-state index contributed by atoms with van der Waals surface area (Å²) in [5, 5.41) is 5.42. The van der Waals surface area contributed by atoms with Gasteiger partial charge in [0.05, 0.1) is 6.54 Å². The molecule has 0 heterocycles. The van der Waals surface area contributed by atoms with Gasteiger partial charge < -0.3 is 15.5 Å². The van der Waals surface area contributed by atoms with E-state index in [2.05, 4.69) is 10.6 Å². The summed E-state index contributed by atoms with van der Waals surface area (Å²) < 4.78 is 0. The summed E-state index contributed by atoms with van der Waals surface area (Å²) in [5.74, 6) is -0.617. The van der Waals surface area contributed by atoms with Gasteiger partial charge in [-0.15, -0.1) is 0 Å². The fourth-order valence-corrected chi connectivity index (χ4v) is 2.51. The number of amides is 3. The van der Waals surface area contributed by atoms with Gasteiger partial charge in [0.15, 0.2) is 0 Å². The molecule has 2 N–H and O–H groups in total. The summed E-state index contributed by atoms with van der Waals surface area (Å²) in [4.78, 5) is 36.7. The van der Waals surface area contributed by atoms with Crippen LogP contribution in [0.1, 0.15) is 19.4 Å². The predicted octanol–water partition coefficient (Wildman–Crippen LogP) is 2.67. The molecule has 0 aliphatic rings. The van der Waals surface area contributed by atoms with E-state index in [9.17, 15) is 14.4 Å². The van der Waals surface area contributed by atoms with Gasteiger partial charge in [-0.1, -0.05) is 36.4 Å². The number of hydrogen-bond acceptors (Lipinski definition) is 3. The van der Waals surface area contributed by atoms with Crippen LogP contribution in [0, 0.1) is 0 Å². The molecule has 0 aliphatic carbocycles. The molecular weight excluding hydrogens is 330 g/mol. The van der Waals surface area contributed by atoms with E-state index in [-0.39, 0.29) is 24.3 Å². The standard InChI is InChI=1S/C20H23N3O3/c1-15(24)21-18-9-6-10-19(13-18)22-20(26)14-23(16(2)25)12-11-17-7-4-3-5-8-17/h3-10,13H,11-12,14H2,1-2H3,(H,21,24)(H,22,26). The largest absolute Gasteiger partial charge is 0.333 e. The van der Waals surface area contributed by atoms with E-state index in [1.54, 1.807) is 24.3 Å². The van der Waals surface area contributed by atoms with E-state index < -0.39 is 0 Å². The van der Waals surface area contributed by atoms with Gasteiger partial charge in [0.2, 0.25) is 17.7 Å². The highest BCUT2D eigenvalue weighted by molar-refractivity contribution is 5.95.